The third kappa shape index (κ3) is 1.92. The minimum atomic E-state index is -0.288. The van der Waals surface area contributed by atoms with Gasteiger partial charge in [-0.3, -0.25) is 10.1 Å². The number of nitrogens with zero attached hydrogens (tertiary/aromatic N) is 1. The van der Waals surface area contributed by atoms with Crippen molar-refractivity contribution in [3.63, 3.8) is 0 Å². The second-order valence-electron chi connectivity index (χ2n) is 4.61. The van der Waals surface area contributed by atoms with E-state index in [1.807, 2.05) is 24.3 Å². The third-order valence-corrected chi connectivity index (χ3v) is 3.39. The summed E-state index contributed by atoms with van der Waals surface area (Å²) in [5.41, 5.74) is 1.12. The fraction of sp³-hybridized carbons (Fsp3) is 0.385. The zero-order valence-corrected chi connectivity index (χ0v) is 9.89. The molecule has 3 rings (SSSR count). The molecule has 3 amide bonds. The summed E-state index contributed by atoms with van der Waals surface area (Å²) in [5, 5.41) is 2.30. The molecule has 0 aliphatic carbocycles. The van der Waals surface area contributed by atoms with Crippen LogP contribution < -0.4 is 10.1 Å². The van der Waals surface area contributed by atoms with E-state index in [-0.39, 0.29) is 24.4 Å². The molecule has 2 aliphatic heterocycles. The van der Waals surface area contributed by atoms with Crippen molar-refractivity contribution >= 4 is 11.9 Å². The molecule has 0 saturated carbocycles. The van der Waals surface area contributed by atoms with Gasteiger partial charge in [-0.25, -0.2) is 4.79 Å². The van der Waals surface area contributed by atoms with Crippen LogP contribution in [0.1, 0.15) is 17.9 Å². The van der Waals surface area contributed by atoms with Crippen molar-refractivity contribution in [3.8, 4) is 5.75 Å². The van der Waals surface area contributed by atoms with Crippen LogP contribution in [0.5, 0.6) is 5.75 Å². The normalized spacial score (nSPS) is 22.4. The van der Waals surface area contributed by atoms with Gasteiger partial charge < -0.3 is 9.64 Å². The minimum Gasteiger partial charge on any atom is -0.493 e. The molecule has 94 valence electrons. The smallest absolute Gasteiger partial charge is 0.324 e. The van der Waals surface area contributed by atoms with E-state index in [0.29, 0.717) is 13.2 Å². The summed E-state index contributed by atoms with van der Waals surface area (Å²) in [4.78, 5) is 24.3. The Labute approximate surface area is 105 Å². The van der Waals surface area contributed by atoms with Crippen molar-refractivity contribution in [3.05, 3.63) is 29.8 Å². The zero-order chi connectivity index (χ0) is 12.5. The molecule has 0 radical (unpaired) electrons. The topological polar surface area (TPSA) is 58.6 Å². The van der Waals surface area contributed by atoms with Crippen molar-refractivity contribution in [2.24, 2.45) is 0 Å². The van der Waals surface area contributed by atoms with Crippen molar-refractivity contribution in [2.45, 2.75) is 12.3 Å². The largest absolute Gasteiger partial charge is 0.493 e. The summed E-state index contributed by atoms with van der Waals surface area (Å²) in [5.74, 6) is 0.909. The SMILES string of the molecule is O=C1CN(CC2CCOc3ccccc32)C(=O)N1. The van der Waals surface area contributed by atoms with Crippen molar-refractivity contribution in [1.29, 1.82) is 0 Å². The van der Waals surface area contributed by atoms with E-state index in [1.54, 1.807) is 4.90 Å². The van der Waals surface area contributed by atoms with Crippen LogP contribution in [0.3, 0.4) is 0 Å². The monoisotopic (exact) mass is 246 g/mol. The maximum atomic E-state index is 11.5. The van der Waals surface area contributed by atoms with Crippen molar-refractivity contribution in [1.82, 2.24) is 10.2 Å². The molecule has 1 saturated heterocycles. The number of para-hydroxylation sites is 1. The Hall–Kier alpha value is -2.04. The summed E-state index contributed by atoms with van der Waals surface area (Å²) < 4.78 is 5.58. The number of carbonyl (C=O) groups excluding carboxylic acids is 2. The Morgan fingerprint density at radius 1 is 1.33 bits per heavy atom. The Bertz CT molecular complexity index is 501. The van der Waals surface area contributed by atoms with Gasteiger partial charge in [0.1, 0.15) is 12.3 Å². The first-order valence-corrected chi connectivity index (χ1v) is 6.04. The molecule has 18 heavy (non-hydrogen) atoms. The Balaban J connectivity index is 1.78. The quantitative estimate of drug-likeness (QED) is 0.795. The lowest BCUT2D eigenvalue weighted by Crippen LogP contribution is -2.33. The molecule has 1 aromatic rings. The van der Waals surface area contributed by atoms with Gasteiger partial charge >= 0.3 is 6.03 Å². The number of benzene rings is 1. The molecule has 0 bridgehead atoms. The molecule has 2 heterocycles. The molecule has 2 aliphatic rings. The predicted molar refractivity (Wildman–Crippen MR) is 64.4 cm³/mol. The van der Waals surface area contributed by atoms with E-state index in [2.05, 4.69) is 5.32 Å². The van der Waals surface area contributed by atoms with E-state index in [0.717, 1.165) is 17.7 Å². The van der Waals surface area contributed by atoms with Crippen LogP contribution >= 0.6 is 0 Å². The first-order valence-electron chi connectivity index (χ1n) is 6.04. The summed E-state index contributed by atoms with van der Waals surface area (Å²) in [6.07, 6.45) is 0.870. The van der Waals surface area contributed by atoms with Gasteiger partial charge in [-0.05, 0) is 18.1 Å². The van der Waals surface area contributed by atoms with Crippen LogP contribution in [0.2, 0.25) is 0 Å². The molecule has 0 aromatic heterocycles. The van der Waals surface area contributed by atoms with Crippen molar-refractivity contribution in [2.75, 3.05) is 19.7 Å². The van der Waals surface area contributed by atoms with Crippen LogP contribution in [0, 0.1) is 0 Å². The van der Waals surface area contributed by atoms with Gasteiger partial charge in [0.05, 0.1) is 6.61 Å². The average molecular weight is 246 g/mol. The fourth-order valence-electron chi connectivity index (χ4n) is 2.50. The number of hydrogen-bond donors (Lipinski definition) is 1. The van der Waals surface area contributed by atoms with E-state index < -0.39 is 0 Å². The lowest BCUT2D eigenvalue weighted by Gasteiger charge is -2.28. The number of rotatable bonds is 2. The Kier molecular flexibility index (Phi) is 2.66. The molecule has 5 nitrogen and oxygen atoms in total. The average Bonchev–Trinajstić information content (AvgIpc) is 2.68. The van der Waals surface area contributed by atoms with Gasteiger partial charge in [0.2, 0.25) is 5.91 Å². The molecular formula is C13H14N2O3. The third-order valence-electron chi connectivity index (χ3n) is 3.39. The number of imide groups is 1. The summed E-state index contributed by atoms with van der Waals surface area (Å²) in [7, 11) is 0. The van der Waals surface area contributed by atoms with E-state index >= 15 is 0 Å². The summed E-state index contributed by atoms with van der Waals surface area (Å²) in [6.45, 7) is 1.39. The minimum absolute atomic E-state index is 0.165. The fourth-order valence-corrected chi connectivity index (χ4v) is 2.50. The van der Waals surface area contributed by atoms with E-state index in [1.165, 1.54) is 0 Å². The number of carbonyl (C=O) groups is 2. The van der Waals surface area contributed by atoms with E-state index in [4.69, 9.17) is 4.74 Å². The highest BCUT2D eigenvalue weighted by atomic mass is 16.5. The predicted octanol–water partition coefficient (Wildman–Crippen LogP) is 1.10. The number of ether oxygens (including phenoxy) is 1. The molecule has 0 spiro atoms. The lowest BCUT2D eigenvalue weighted by molar-refractivity contribution is -0.118. The second kappa shape index (κ2) is 4.33. The molecule has 1 unspecified atom stereocenters. The first-order chi connectivity index (χ1) is 8.74. The molecule has 1 aromatic carbocycles. The molecular weight excluding hydrogens is 232 g/mol. The maximum absolute atomic E-state index is 11.5. The van der Waals surface area contributed by atoms with E-state index in [9.17, 15) is 9.59 Å². The molecule has 1 N–H and O–H groups in total. The Morgan fingerprint density at radius 3 is 2.94 bits per heavy atom. The van der Waals surface area contributed by atoms with Gasteiger partial charge in [-0.2, -0.15) is 0 Å². The van der Waals surface area contributed by atoms with Crippen LogP contribution in [-0.2, 0) is 4.79 Å². The van der Waals surface area contributed by atoms with Gasteiger partial charge in [0.15, 0.2) is 0 Å². The van der Waals surface area contributed by atoms with Gasteiger partial charge in [0.25, 0.3) is 0 Å². The first kappa shape index (κ1) is 11.1. The number of nitrogens with one attached hydrogen (secondary N) is 1. The van der Waals surface area contributed by atoms with Gasteiger partial charge in [0, 0.05) is 12.5 Å². The highest BCUT2D eigenvalue weighted by molar-refractivity contribution is 6.01. The number of urea groups is 1. The maximum Gasteiger partial charge on any atom is 0.324 e. The lowest BCUT2D eigenvalue weighted by atomic mass is 9.93. The molecule has 1 atom stereocenters. The van der Waals surface area contributed by atoms with Crippen LogP contribution in [0.4, 0.5) is 4.79 Å². The zero-order valence-electron chi connectivity index (χ0n) is 9.89. The standard InChI is InChI=1S/C13H14N2O3/c16-12-8-15(13(17)14-12)7-9-5-6-18-11-4-2-1-3-10(9)11/h1-4,9H,5-8H2,(H,14,16,17). The van der Waals surface area contributed by atoms with Gasteiger partial charge in [-0.15, -0.1) is 0 Å². The molecule has 5 heteroatoms. The summed E-state index contributed by atoms with van der Waals surface area (Å²) in [6, 6.07) is 7.58. The number of hydrogen-bond acceptors (Lipinski definition) is 3. The highest BCUT2D eigenvalue weighted by Gasteiger charge is 2.31. The van der Waals surface area contributed by atoms with Crippen molar-refractivity contribution < 1.29 is 14.3 Å². The number of amides is 3. The van der Waals surface area contributed by atoms with Crippen LogP contribution in [-0.4, -0.2) is 36.5 Å². The van der Waals surface area contributed by atoms with Gasteiger partial charge in [-0.1, -0.05) is 18.2 Å². The Morgan fingerprint density at radius 2 is 2.17 bits per heavy atom. The van der Waals surface area contributed by atoms with Crippen LogP contribution in [0.15, 0.2) is 24.3 Å². The second-order valence-corrected chi connectivity index (χ2v) is 4.61. The highest BCUT2D eigenvalue weighted by Crippen LogP contribution is 2.33. The number of fused-ring (bicyclic) bond motifs is 1. The molecule has 1 fully saturated rings. The summed E-state index contributed by atoms with van der Waals surface area (Å²) >= 11 is 0. The van der Waals surface area contributed by atoms with Crippen LogP contribution in [0.25, 0.3) is 0 Å².